The van der Waals surface area contributed by atoms with Crippen molar-refractivity contribution in [3.63, 3.8) is 0 Å². The zero-order valence-corrected chi connectivity index (χ0v) is 28.9. The molecular weight excluding hydrogens is 846 g/mol. The molecule has 0 aliphatic carbocycles. The van der Waals surface area contributed by atoms with E-state index >= 15 is 0 Å². The molecule has 15 heteroatoms. The van der Waals surface area contributed by atoms with E-state index in [1.165, 1.54) is 22.7 Å². The summed E-state index contributed by atoms with van der Waals surface area (Å²) in [5, 5.41) is 13.6. The molecule has 0 saturated heterocycles. The molecule has 0 saturated carbocycles. The number of thiophene rings is 2. The van der Waals surface area contributed by atoms with E-state index in [4.69, 9.17) is 20.4 Å². The summed E-state index contributed by atoms with van der Waals surface area (Å²) in [6, 6.07) is 19.4. The number of aromatic nitrogens is 4. The third-order valence-electron chi connectivity index (χ3n) is 5.94. The van der Waals surface area contributed by atoms with Gasteiger partial charge in [-0.2, -0.15) is 4.37 Å². The molecule has 0 unspecified atom stereocenters. The number of ether oxygens (including phenoxy) is 2. The Balaban J connectivity index is 0.000000157. The molecule has 0 aliphatic rings. The molecule has 5 heterocycles. The van der Waals surface area contributed by atoms with E-state index in [0.717, 1.165) is 55.2 Å². The van der Waals surface area contributed by atoms with Gasteiger partial charge in [0.15, 0.2) is 23.2 Å². The van der Waals surface area contributed by atoms with Gasteiger partial charge in [0.05, 0.1) is 31.5 Å². The SMILES string of the molecule is NC(=NO)c1cc2c(Oc3ccc(I)cc3)cncc2s1.O=c1[nH]c(-c2cc3c(Oc4ccc(I)cc4)cncc3s2)ns1. The number of hydrogen-bond acceptors (Lipinski definition) is 11. The fraction of sp³-hybridized carbons (Fsp3) is 0. The van der Waals surface area contributed by atoms with E-state index in [1.807, 2.05) is 60.7 Å². The third kappa shape index (κ3) is 7.01. The van der Waals surface area contributed by atoms with E-state index in [1.54, 1.807) is 24.8 Å². The lowest BCUT2D eigenvalue weighted by Gasteiger charge is -2.06. The van der Waals surface area contributed by atoms with Crippen molar-refractivity contribution in [2.75, 3.05) is 0 Å². The highest BCUT2D eigenvalue weighted by Gasteiger charge is 2.13. The number of nitrogens with one attached hydrogen (secondary N) is 1. The molecule has 5 aromatic heterocycles. The Hall–Kier alpha value is -3.65. The maximum absolute atomic E-state index is 11.3. The Bertz CT molecular complexity index is 2160. The Labute approximate surface area is 288 Å². The first-order chi connectivity index (χ1) is 21.4. The molecule has 0 amide bonds. The molecule has 4 N–H and O–H groups in total. The van der Waals surface area contributed by atoms with E-state index in [0.29, 0.717) is 22.2 Å². The van der Waals surface area contributed by atoms with Crippen LogP contribution in [0.15, 0.2) is 95.4 Å². The molecule has 0 fully saturated rings. The molecule has 44 heavy (non-hydrogen) atoms. The van der Waals surface area contributed by atoms with Crippen molar-refractivity contribution in [1.82, 2.24) is 19.3 Å². The molecule has 0 aliphatic heterocycles. The van der Waals surface area contributed by atoms with Crippen LogP contribution >= 0.6 is 79.4 Å². The zero-order valence-electron chi connectivity index (χ0n) is 22.1. The first-order valence-corrected chi connectivity index (χ1v) is 17.1. The first-order valence-electron chi connectivity index (χ1n) is 12.5. The minimum absolute atomic E-state index is 0.0800. The predicted octanol–water partition coefficient (Wildman–Crippen LogP) is 8.29. The van der Waals surface area contributed by atoms with Crippen molar-refractivity contribution < 1.29 is 14.7 Å². The van der Waals surface area contributed by atoms with Crippen LogP contribution in [0.25, 0.3) is 30.9 Å². The predicted molar refractivity (Wildman–Crippen MR) is 192 cm³/mol. The molecule has 0 bridgehead atoms. The minimum atomic E-state index is -0.161. The van der Waals surface area contributed by atoms with Crippen LogP contribution in [0.2, 0.25) is 0 Å². The fourth-order valence-electron chi connectivity index (χ4n) is 3.92. The van der Waals surface area contributed by atoms with Gasteiger partial charge in [-0.3, -0.25) is 19.7 Å². The van der Waals surface area contributed by atoms with Crippen molar-refractivity contribution in [2.45, 2.75) is 0 Å². The van der Waals surface area contributed by atoms with E-state index < -0.39 is 0 Å². The number of H-pyrrole nitrogens is 1. The second-order valence-corrected chi connectivity index (χ2v) is 14.3. The summed E-state index contributed by atoms with van der Waals surface area (Å²) in [4.78, 5) is 23.8. The number of aromatic amines is 1. The number of halogens is 2. The maximum Gasteiger partial charge on any atom is 0.323 e. The average molecular weight is 865 g/mol. The maximum atomic E-state index is 11.3. The second-order valence-electron chi connectivity index (χ2n) is 8.86. The van der Waals surface area contributed by atoms with Gasteiger partial charge < -0.3 is 20.4 Å². The Kier molecular flexibility index (Phi) is 9.36. The van der Waals surface area contributed by atoms with Gasteiger partial charge in [0, 0.05) is 41.8 Å². The lowest BCUT2D eigenvalue weighted by atomic mass is 10.3. The zero-order chi connectivity index (χ0) is 30.6. The quantitative estimate of drug-likeness (QED) is 0.0498. The first kappa shape index (κ1) is 30.4. The molecule has 0 radical (unpaired) electrons. The van der Waals surface area contributed by atoms with Crippen molar-refractivity contribution in [3.8, 4) is 33.7 Å². The standard InChI is InChI=1S/C15H8IN3O2S2.C14H10IN3O2S/c16-8-1-3-9(4-2-8)21-11-6-17-7-13-10(11)5-12(22-13)14-18-15(20)23-19-14;15-8-1-3-9(4-2-8)20-11-6-17-7-13-10(11)5-12(21-13)14(16)18-19/h1-7H,(H,18,19,20);1-7,19H,(H2,16,18). The molecule has 220 valence electrons. The highest BCUT2D eigenvalue weighted by Crippen LogP contribution is 2.38. The van der Waals surface area contributed by atoms with Crippen LogP contribution in [0.5, 0.6) is 23.0 Å². The number of nitrogens with two attached hydrogens (primary N) is 1. The van der Waals surface area contributed by atoms with Crippen LogP contribution in [0, 0.1) is 7.14 Å². The lowest BCUT2D eigenvalue weighted by molar-refractivity contribution is 0.319. The van der Waals surface area contributed by atoms with Gasteiger partial charge in [0.2, 0.25) is 0 Å². The van der Waals surface area contributed by atoms with E-state index in [9.17, 15) is 4.79 Å². The van der Waals surface area contributed by atoms with Crippen molar-refractivity contribution in [2.24, 2.45) is 10.9 Å². The molecule has 10 nitrogen and oxygen atoms in total. The molecule has 0 atom stereocenters. The van der Waals surface area contributed by atoms with Gasteiger partial charge >= 0.3 is 4.87 Å². The number of pyridine rings is 2. The number of rotatable bonds is 6. The van der Waals surface area contributed by atoms with Crippen LogP contribution in [-0.4, -0.2) is 30.4 Å². The molecular formula is C29H18I2N6O4S3. The summed E-state index contributed by atoms with van der Waals surface area (Å²) >= 11 is 8.33. The summed E-state index contributed by atoms with van der Waals surface area (Å²) in [6.07, 6.45) is 6.87. The van der Waals surface area contributed by atoms with Crippen molar-refractivity contribution >= 4 is 105 Å². The molecule has 7 aromatic rings. The number of nitrogens with zero attached hydrogens (tertiary/aromatic N) is 4. The number of fused-ring (bicyclic) bond motifs is 2. The van der Waals surface area contributed by atoms with Gasteiger partial charge in [-0.05, 0) is 106 Å². The normalized spacial score (nSPS) is 11.4. The number of benzene rings is 2. The van der Waals surface area contributed by atoms with Gasteiger partial charge in [-0.15, -0.1) is 22.7 Å². The lowest BCUT2D eigenvalue weighted by Crippen LogP contribution is -2.10. The van der Waals surface area contributed by atoms with Crippen LogP contribution in [0.1, 0.15) is 4.88 Å². The third-order valence-corrected chi connectivity index (χ3v) is 10.1. The molecule has 0 spiro atoms. The minimum Gasteiger partial charge on any atom is -0.455 e. The van der Waals surface area contributed by atoms with Crippen LogP contribution < -0.4 is 20.1 Å². The summed E-state index contributed by atoms with van der Waals surface area (Å²) in [6.45, 7) is 0. The number of amidine groups is 1. The Morgan fingerprint density at radius 2 is 1.36 bits per heavy atom. The van der Waals surface area contributed by atoms with Gasteiger partial charge in [-0.25, -0.2) is 0 Å². The Morgan fingerprint density at radius 3 is 1.89 bits per heavy atom. The highest BCUT2D eigenvalue weighted by molar-refractivity contribution is 14.1. The van der Waals surface area contributed by atoms with Crippen LogP contribution in [0.3, 0.4) is 0 Å². The number of oxime groups is 1. The topological polar surface area (TPSA) is 149 Å². The van der Waals surface area contributed by atoms with Gasteiger partial charge in [0.1, 0.15) is 11.5 Å². The van der Waals surface area contributed by atoms with Crippen molar-refractivity contribution in [1.29, 1.82) is 0 Å². The summed E-state index contributed by atoms with van der Waals surface area (Å²) in [5.41, 5.74) is 5.63. The fourth-order valence-corrected chi connectivity index (χ4v) is 7.09. The molecule has 2 aromatic carbocycles. The number of hydrogen-bond donors (Lipinski definition) is 3. The van der Waals surface area contributed by atoms with Gasteiger partial charge in [0.25, 0.3) is 0 Å². The largest absolute Gasteiger partial charge is 0.455 e. The molecule has 7 rings (SSSR count). The summed E-state index contributed by atoms with van der Waals surface area (Å²) in [7, 11) is 0. The monoisotopic (exact) mass is 864 g/mol. The Morgan fingerprint density at radius 1 is 0.818 bits per heavy atom. The van der Waals surface area contributed by atoms with Crippen molar-refractivity contribution in [3.05, 3.63) is 107 Å². The second kappa shape index (κ2) is 13.6. The average Bonchev–Trinajstić information content (AvgIpc) is 3.78. The van der Waals surface area contributed by atoms with Crippen LogP contribution in [-0.2, 0) is 0 Å². The van der Waals surface area contributed by atoms with E-state index in [2.05, 4.69) is 69.7 Å². The summed E-state index contributed by atoms with van der Waals surface area (Å²) < 4.78 is 20.1. The smallest absolute Gasteiger partial charge is 0.323 e. The highest BCUT2D eigenvalue weighted by atomic mass is 127. The van der Waals surface area contributed by atoms with Gasteiger partial charge in [-0.1, -0.05) is 5.16 Å². The summed E-state index contributed by atoms with van der Waals surface area (Å²) in [5.74, 6) is 3.49. The van der Waals surface area contributed by atoms with E-state index in [-0.39, 0.29) is 10.7 Å². The van der Waals surface area contributed by atoms with Crippen LogP contribution in [0.4, 0.5) is 0 Å².